The molecule has 1 aromatic rings. The molecule has 21 heavy (non-hydrogen) atoms. The fraction of sp³-hybridized carbons (Fsp3) is 0.500. The number of benzene rings is 1. The van der Waals surface area contributed by atoms with Crippen LogP contribution in [0, 0.1) is 10.8 Å². The summed E-state index contributed by atoms with van der Waals surface area (Å²) in [6.07, 6.45) is 0. The van der Waals surface area contributed by atoms with Crippen molar-refractivity contribution in [2.24, 2.45) is 16.6 Å². The van der Waals surface area contributed by atoms with Crippen LogP contribution in [0.4, 0.5) is 5.69 Å². The zero-order valence-corrected chi connectivity index (χ0v) is 13.4. The number of rotatable bonds is 4. The number of nitrogens with two attached hydrogens (primary N) is 2. The zero-order valence-electron chi connectivity index (χ0n) is 12.6. The monoisotopic (exact) mass is 311 g/mol. The van der Waals surface area contributed by atoms with Crippen molar-refractivity contribution in [3.8, 4) is 0 Å². The molecular weight excluding hydrogens is 290 g/mol. The maximum atomic E-state index is 12.5. The number of carbonyl (C=O) groups is 1. The second-order valence-corrected chi connectivity index (χ2v) is 8.30. The van der Waals surface area contributed by atoms with Crippen LogP contribution < -0.4 is 16.2 Å². The molecule has 1 aliphatic rings. The minimum atomic E-state index is -3.74. The normalized spacial score (nSPS) is 20.2. The van der Waals surface area contributed by atoms with Gasteiger partial charge in [-0.3, -0.25) is 4.79 Å². The molecule has 0 bridgehead atoms. The van der Waals surface area contributed by atoms with Crippen molar-refractivity contribution in [2.45, 2.75) is 38.6 Å². The molecule has 0 aliphatic heterocycles. The van der Waals surface area contributed by atoms with E-state index in [4.69, 9.17) is 11.5 Å². The average Bonchev–Trinajstić information content (AvgIpc) is 2.70. The Labute approximate surface area is 124 Å². The number of hydrogen-bond donors (Lipinski definition) is 3. The van der Waals surface area contributed by atoms with Gasteiger partial charge in [0.25, 0.3) is 0 Å². The maximum Gasteiger partial charge on any atom is 0.248 e. The summed E-state index contributed by atoms with van der Waals surface area (Å²) in [7, 11) is -3.74. The minimum absolute atomic E-state index is 0.00932. The van der Waals surface area contributed by atoms with E-state index in [9.17, 15) is 13.2 Å². The predicted molar refractivity (Wildman–Crippen MR) is 81.0 cm³/mol. The van der Waals surface area contributed by atoms with Crippen LogP contribution in [0.1, 0.15) is 38.1 Å². The van der Waals surface area contributed by atoms with Crippen molar-refractivity contribution < 1.29 is 13.2 Å². The Kier molecular flexibility index (Phi) is 3.34. The summed E-state index contributed by atoms with van der Waals surface area (Å²) >= 11 is 0. The molecule has 1 amide bonds. The van der Waals surface area contributed by atoms with E-state index >= 15 is 0 Å². The molecule has 0 radical (unpaired) electrons. The smallest absolute Gasteiger partial charge is 0.248 e. The highest BCUT2D eigenvalue weighted by atomic mass is 32.2. The number of primary amides is 1. The van der Waals surface area contributed by atoms with Crippen molar-refractivity contribution in [1.82, 2.24) is 4.72 Å². The molecule has 1 aliphatic carbocycles. The number of hydrogen-bond acceptors (Lipinski definition) is 4. The van der Waals surface area contributed by atoms with Crippen LogP contribution >= 0.6 is 0 Å². The van der Waals surface area contributed by atoms with Gasteiger partial charge < -0.3 is 11.5 Å². The third-order valence-corrected chi connectivity index (χ3v) is 6.37. The summed E-state index contributed by atoms with van der Waals surface area (Å²) in [6, 6.07) is 3.78. The fourth-order valence-electron chi connectivity index (χ4n) is 2.66. The van der Waals surface area contributed by atoms with E-state index in [1.165, 1.54) is 18.2 Å². The number of nitrogen functional groups attached to an aromatic ring is 1. The molecule has 0 unspecified atom stereocenters. The van der Waals surface area contributed by atoms with E-state index in [0.29, 0.717) is 0 Å². The fourth-order valence-corrected chi connectivity index (χ4v) is 4.30. The zero-order chi connectivity index (χ0) is 16.2. The molecule has 1 saturated carbocycles. The molecular formula is C14H21N3O3S. The molecule has 5 N–H and O–H groups in total. The van der Waals surface area contributed by atoms with Crippen LogP contribution in [-0.2, 0) is 10.0 Å². The van der Waals surface area contributed by atoms with Gasteiger partial charge in [0.2, 0.25) is 15.9 Å². The molecule has 116 valence electrons. The lowest BCUT2D eigenvalue weighted by Gasteiger charge is -2.11. The van der Waals surface area contributed by atoms with Gasteiger partial charge in [0.1, 0.15) is 4.90 Å². The van der Waals surface area contributed by atoms with Gasteiger partial charge in [-0.25, -0.2) is 13.1 Å². The second-order valence-electron chi connectivity index (χ2n) is 6.61. The first kappa shape index (κ1) is 15.8. The van der Waals surface area contributed by atoms with Gasteiger partial charge in [-0.15, -0.1) is 0 Å². The largest absolute Gasteiger partial charge is 0.398 e. The quantitative estimate of drug-likeness (QED) is 0.721. The Morgan fingerprint density at radius 2 is 1.71 bits per heavy atom. The number of nitrogens with one attached hydrogen (secondary N) is 1. The van der Waals surface area contributed by atoms with Crippen LogP contribution in [-0.4, -0.2) is 20.4 Å². The van der Waals surface area contributed by atoms with Gasteiger partial charge in [-0.1, -0.05) is 27.7 Å². The highest BCUT2D eigenvalue weighted by molar-refractivity contribution is 7.89. The molecule has 6 nitrogen and oxygen atoms in total. The number of anilines is 1. The summed E-state index contributed by atoms with van der Waals surface area (Å²) in [5.41, 5.74) is 10.8. The molecule has 2 rings (SSSR count). The molecule has 1 fully saturated rings. The summed E-state index contributed by atoms with van der Waals surface area (Å²) in [5.74, 6) is -0.650. The highest BCUT2D eigenvalue weighted by Crippen LogP contribution is 2.63. The van der Waals surface area contributed by atoms with Crippen LogP contribution in [0.25, 0.3) is 0 Å². The van der Waals surface area contributed by atoms with E-state index in [2.05, 4.69) is 4.72 Å². The number of amides is 1. The van der Waals surface area contributed by atoms with Crippen LogP contribution in [0.3, 0.4) is 0 Å². The van der Waals surface area contributed by atoms with Crippen LogP contribution in [0.15, 0.2) is 23.1 Å². The Hall–Kier alpha value is -1.60. The van der Waals surface area contributed by atoms with Crippen LogP contribution in [0.2, 0.25) is 0 Å². The lowest BCUT2D eigenvalue weighted by Crippen LogP contribution is -2.30. The van der Waals surface area contributed by atoms with E-state index in [1.807, 2.05) is 27.7 Å². The molecule has 0 aromatic heterocycles. The second kappa shape index (κ2) is 4.45. The summed E-state index contributed by atoms with van der Waals surface area (Å²) in [6.45, 7) is 8.05. The van der Waals surface area contributed by atoms with Crippen molar-refractivity contribution >= 4 is 21.6 Å². The Bertz CT molecular complexity index is 694. The maximum absolute atomic E-state index is 12.5. The molecule has 0 atom stereocenters. The minimum Gasteiger partial charge on any atom is -0.398 e. The van der Waals surface area contributed by atoms with Crippen molar-refractivity contribution in [3.05, 3.63) is 23.8 Å². The molecule has 0 heterocycles. The number of sulfonamides is 1. The first-order valence-electron chi connectivity index (χ1n) is 6.63. The van der Waals surface area contributed by atoms with Crippen molar-refractivity contribution in [3.63, 3.8) is 0 Å². The molecule has 1 aromatic carbocycles. The van der Waals surface area contributed by atoms with Gasteiger partial charge >= 0.3 is 0 Å². The summed E-state index contributed by atoms with van der Waals surface area (Å²) in [5, 5.41) is 0. The molecule has 0 spiro atoms. The van der Waals surface area contributed by atoms with Crippen molar-refractivity contribution in [1.29, 1.82) is 0 Å². The lowest BCUT2D eigenvalue weighted by molar-refractivity contribution is 0.1000. The van der Waals surface area contributed by atoms with Gasteiger partial charge in [0.15, 0.2) is 0 Å². The van der Waals surface area contributed by atoms with E-state index in [1.54, 1.807) is 0 Å². The Morgan fingerprint density at radius 3 is 2.10 bits per heavy atom. The third-order valence-electron chi connectivity index (χ3n) is 4.88. The third kappa shape index (κ3) is 2.40. The first-order valence-corrected chi connectivity index (χ1v) is 8.11. The predicted octanol–water partition coefficient (Wildman–Crippen LogP) is 1.08. The highest BCUT2D eigenvalue weighted by Gasteiger charge is 2.66. The Morgan fingerprint density at radius 1 is 1.19 bits per heavy atom. The van der Waals surface area contributed by atoms with Crippen molar-refractivity contribution in [2.75, 3.05) is 5.73 Å². The summed E-state index contributed by atoms with van der Waals surface area (Å²) in [4.78, 5) is 11.0. The number of carbonyl (C=O) groups excluding carboxylic acids is 1. The Balaban J connectivity index is 2.32. The molecule has 0 saturated heterocycles. The van der Waals surface area contributed by atoms with Gasteiger partial charge in [-0.2, -0.15) is 0 Å². The van der Waals surface area contributed by atoms with Gasteiger partial charge in [0, 0.05) is 11.6 Å². The standard InChI is InChI=1S/C14H21N3O3S/c1-13(2)12(14(13,3)4)17-21(19,20)10-6-5-8(11(16)18)7-9(10)15/h5-7,12,17H,15H2,1-4H3,(H2,16,18). The van der Waals surface area contributed by atoms with E-state index in [-0.39, 0.29) is 33.0 Å². The van der Waals surface area contributed by atoms with Gasteiger partial charge in [0.05, 0.1) is 5.69 Å². The van der Waals surface area contributed by atoms with Crippen LogP contribution in [0.5, 0.6) is 0 Å². The summed E-state index contributed by atoms with van der Waals surface area (Å²) < 4.78 is 27.6. The lowest BCUT2D eigenvalue weighted by atomic mass is 10.0. The van der Waals surface area contributed by atoms with Gasteiger partial charge in [-0.05, 0) is 29.0 Å². The van der Waals surface area contributed by atoms with E-state index in [0.717, 1.165) is 0 Å². The first-order chi connectivity index (χ1) is 9.41. The SMILES string of the molecule is CC1(C)C(NS(=O)(=O)c2ccc(C(N)=O)cc2N)C1(C)C. The molecule has 7 heteroatoms. The topological polar surface area (TPSA) is 115 Å². The van der Waals surface area contributed by atoms with E-state index < -0.39 is 15.9 Å². The average molecular weight is 311 g/mol.